The van der Waals surface area contributed by atoms with Crippen LogP contribution in [-0.4, -0.2) is 26.0 Å². The van der Waals surface area contributed by atoms with Crippen molar-refractivity contribution in [3.05, 3.63) is 42.2 Å². The summed E-state index contributed by atoms with van der Waals surface area (Å²) in [5.74, 6) is 0.807. The Bertz CT molecular complexity index is 393. The van der Waals surface area contributed by atoms with Crippen molar-refractivity contribution in [2.24, 2.45) is 5.73 Å². The van der Waals surface area contributed by atoms with Gasteiger partial charge in [0.2, 0.25) is 0 Å². The van der Waals surface area contributed by atoms with Gasteiger partial charge in [-0.1, -0.05) is 25.5 Å². The summed E-state index contributed by atoms with van der Waals surface area (Å²) >= 11 is 0. The van der Waals surface area contributed by atoms with E-state index in [-0.39, 0.29) is 12.8 Å². The van der Waals surface area contributed by atoms with Gasteiger partial charge in [-0.15, -0.1) is 0 Å². The number of benzene rings is 1. The van der Waals surface area contributed by atoms with Crippen LogP contribution in [0.25, 0.3) is 0 Å². The molecule has 0 aliphatic carbocycles. The summed E-state index contributed by atoms with van der Waals surface area (Å²) in [4.78, 5) is 0. The average molecular weight is 279 g/mol. The molecule has 5 heteroatoms. The van der Waals surface area contributed by atoms with Gasteiger partial charge in [0.25, 0.3) is 0 Å². The van der Waals surface area contributed by atoms with Crippen LogP contribution in [0.5, 0.6) is 5.75 Å². The molecule has 1 atom stereocenters. The fourth-order valence-corrected chi connectivity index (χ4v) is 1.94. The van der Waals surface area contributed by atoms with E-state index in [9.17, 15) is 0 Å². The Labute approximate surface area is 121 Å². The van der Waals surface area contributed by atoms with Gasteiger partial charge in [0.1, 0.15) is 5.75 Å². The van der Waals surface area contributed by atoms with Gasteiger partial charge >= 0.3 is 0 Å². The number of rotatable bonds is 9. The molecule has 0 aliphatic rings. The Morgan fingerprint density at radius 3 is 2.60 bits per heavy atom. The fraction of sp³-hybridized carbons (Fsp3) is 0.467. The van der Waals surface area contributed by atoms with E-state index in [0.29, 0.717) is 0 Å². The lowest BCUT2D eigenvalue weighted by Gasteiger charge is -2.25. The van der Waals surface area contributed by atoms with E-state index in [1.54, 1.807) is 13.3 Å². The van der Waals surface area contributed by atoms with E-state index in [1.807, 2.05) is 24.2 Å². The molecule has 1 aromatic rings. The second-order valence-corrected chi connectivity index (χ2v) is 4.54. The minimum absolute atomic E-state index is 0.248. The van der Waals surface area contributed by atoms with E-state index in [1.165, 1.54) is 11.8 Å². The lowest BCUT2D eigenvalue weighted by Crippen LogP contribution is -2.33. The van der Waals surface area contributed by atoms with Gasteiger partial charge in [-0.25, -0.2) is 5.43 Å². The molecule has 0 fully saturated rings. The third-order valence-corrected chi connectivity index (χ3v) is 2.87. The van der Waals surface area contributed by atoms with E-state index in [2.05, 4.69) is 24.5 Å². The van der Waals surface area contributed by atoms with Crippen LogP contribution in [-0.2, 0) is 4.74 Å². The highest BCUT2D eigenvalue weighted by molar-refractivity contribution is 5.29. The van der Waals surface area contributed by atoms with E-state index >= 15 is 0 Å². The molecule has 0 heterocycles. The van der Waals surface area contributed by atoms with Crippen LogP contribution < -0.4 is 15.9 Å². The van der Waals surface area contributed by atoms with Gasteiger partial charge in [0, 0.05) is 26.6 Å². The van der Waals surface area contributed by atoms with Crippen LogP contribution in [0.15, 0.2) is 36.7 Å². The van der Waals surface area contributed by atoms with Gasteiger partial charge in [-0.2, -0.15) is 0 Å². The first-order chi connectivity index (χ1) is 9.71. The van der Waals surface area contributed by atoms with Crippen LogP contribution in [0.3, 0.4) is 0 Å². The lowest BCUT2D eigenvalue weighted by atomic mass is 10.0. The zero-order valence-corrected chi connectivity index (χ0v) is 12.5. The molecule has 3 N–H and O–H groups in total. The quantitative estimate of drug-likeness (QED) is 0.537. The SMILES string of the molecule is CCCC(NN(C)/C=C\N)c1ccc(OCOC)cc1. The number of hydrogen-bond acceptors (Lipinski definition) is 5. The van der Waals surface area contributed by atoms with E-state index < -0.39 is 0 Å². The van der Waals surface area contributed by atoms with Crippen molar-refractivity contribution in [1.29, 1.82) is 0 Å². The maximum Gasteiger partial charge on any atom is 0.188 e. The molecule has 0 saturated heterocycles. The molecule has 0 radical (unpaired) electrons. The molecule has 112 valence electrons. The van der Waals surface area contributed by atoms with Gasteiger partial charge in [0.05, 0.1) is 6.04 Å². The molecule has 5 nitrogen and oxygen atoms in total. The molecule has 0 aromatic heterocycles. The van der Waals surface area contributed by atoms with Crippen LogP contribution in [0.1, 0.15) is 31.4 Å². The first-order valence-electron chi connectivity index (χ1n) is 6.80. The first kappa shape index (κ1) is 16.3. The Kier molecular flexibility index (Phi) is 7.54. The molecule has 1 unspecified atom stereocenters. The van der Waals surface area contributed by atoms with Crippen molar-refractivity contribution in [3.8, 4) is 5.75 Å². The molecule has 0 amide bonds. The highest BCUT2D eigenvalue weighted by Crippen LogP contribution is 2.21. The zero-order chi connectivity index (χ0) is 14.8. The average Bonchev–Trinajstić information content (AvgIpc) is 2.45. The number of nitrogens with zero attached hydrogens (tertiary/aromatic N) is 1. The molecule has 1 aromatic carbocycles. The van der Waals surface area contributed by atoms with Gasteiger partial charge < -0.3 is 20.2 Å². The Morgan fingerprint density at radius 1 is 1.35 bits per heavy atom. The Balaban J connectivity index is 2.70. The van der Waals surface area contributed by atoms with Crippen molar-refractivity contribution < 1.29 is 9.47 Å². The van der Waals surface area contributed by atoms with Crippen molar-refractivity contribution in [1.82, 2.24) is 10.4 Å². The Morgan fingerprint density at radius 2 is 2.05 bits per heavy atom. The lowest BCUT2D eigenvalue weighted by molar-refractivity contribution is 0.0511. The molecule has 20 heavy (non-hydrogen) atoms. The predicted octanol–water partition coefficient (Wildman–Crippen LogP) is 2.38. The van der Waals surface area contributed by atoms with Gasteiger partial charge in [-0.3, -0.25) is 0 Å². The highest BCUT2D eigenvalue weighted by atomic mass is 16.7. The molecule has 0 spiro atoms. The summed E-state index contributed by atoms with van der Waals surface area (Å²) < 4.78 is 10.3. The van der Waals surface area contributed by atoms with Crippen LogP contribution in [0.4, 0.5) is 0 Å². The summed E-state index contributed by atoms with van der Waals surface area (Å²) in [6.45, 7) is 2.43. The molecule has 0 aliphatic heterocycles. The summed E-state index contributed by atoms with van der Waals surface area (Å²) in [5.41, 5.74) is 10.0. The summed E-state index contributed by atoms with van der Waals surface area (Å²) in [5, 5.41) is 1.87. The minimum atomic E-state index is 0.248. The number of methoxy groups -OCH3 is 1. The van der Waals surface area contributed by atoms with Crippen molar-refractivity contribution in [3.63, 3.8) is 0 Å². The first-order valence-corrected chi connectivity index (χ1v) is 6.80. The molecular formula is C15H25N3O2. The zero-order valence-electron chi connectivity index (χ0n) is 12.5. The van der Waals surface area contributed by atoms with Crippen molar-refractivity contribution in [2.75, 3.05) is 21.0 Å². The van der Waals surface area contributed by atoms with Gasteiger partial charge in [0.15, 0.2) is 6.79 Å². The normalized spacial score (nSPS) is 12.6. The second-order valence-electron chi connectivity index (χ2n) is 4.54. The largest absolute Gasteiger partial charge is 0.468 e. The second kappa shape index (κ2) is 9.23. The predicted molar refractivity (Wildman–Crippen MR) is 80.8 cm³/mol. The number of nitrogens with one attached hydrogen (secondary N) is 1. The van der Waals surface area contributed by atoms with Gasteiger partial charge in [-0.05, 0) is 24.1 Å². The third-order valence-electron chi connectivity index (χ3n) is 2.87. The number of hydrazine groups is 1. The molecule has 0 saturated carbocycles. The standard InChI is InChI=1S/C15H25N3O2/c1-4-5-15(17-18(2)11-10-16)13-6-8-14(9-7-13)20-12-19-3/h6-11,15,17H,4-5,12,16H2,1-3H3/b11-10-. The maximum absolute atomic E-state index is 5.39. The van der Waals surface area contributed by atoms with Crippen LogP contribution >= 0.6 is 0 Å². The van der Waals surface area contributed by atoms with Crippen LogP contribution in [0, 0.1) is 0 Å². The number of ether oxygens (including phenoxy) is 2. The maximum atomic E-state index is 5.39. The fourth-order valence-electron chi connectivity index (χ4n) is 1.94. The molecule has 1 rings (SSSR count). The van der Waals surface area contributed by atoms with Crippen molar-refractivity contribution >= 4 is 0 Å². The van der Waals surface area contributed by atoms with Crippen LogP contribution in [0.2, 0.25) is 0 Å². The topological polar surface area (TPSA) is 59.8 Å². The molecule has 0 bridgehead atoms. The number of hydrogen-bond donors (Lipinski definition) is 2. The van der Waals surface area contributed by atoms with E-state index in [0.717, 1.165) is 18.6 Å². The van der Waals surface area contributed by atoms with Crippen molar-refractivity contribution in [2.45, 2.75) is 25.8 Å². The van der Waals surface area contributed by atoms with E-state index in [4.69, 9.17) is 15.2 Å². The Hall–Kier alpha value is -1.72. The minimum Gasteiger partial charge on any atom is -0.468 e. The summed E-state index contributed by atoms with van der Waals surface area (Å²) in [6.07, 6.45) is 5.44. The number of nitrogens with two attached hydrogens (primary N) is 1. The monoisotopic (exact) mass is 279 g/mol. The highest BCUT2D eigenvalue weighted by Gasteiger charge is 2.11. The smallest absolute Gasteiger partial charge is 0.188 e. The summed E-state index contributed by atoms with van der Waals surface area (Å²) in [7, 11) is 3.54. The molecular weight excluding hydrogens is 254 g/mol. The third kappa shape index (κ3) is 5.50. The summed E-state index contributed by atoms with van der Waals surface area (Å²) in [6, 6.07) is 8.30.